The van der Waals surface area contributed by atoms with E-state index in [1.165, 1.54) is 0 Å². The Hall–Kier alpha value is -1.44. The van der Waals surface area contributed by atoms with Gasteiger partial charge in [0.25, 0.3) is 0 Å². The van der Waals surface area contributed by atoms with E-state index in [2.05, 4.69) is 0 Å². The average molecular weight is 299 g/mol. The molecule has 0 aliphatic carbocycles. The summed E-state index contributed by atoms with van der Waals surface area (Å²) in [5, 5.41) is 9.07. The van der Waals surface area contributed by atoms with E-state index in [0.29, 0.717) is 6.42 Å². The highest BCUT2D eigenvalue weighted by Crippen LogP contribution is 2.14. The van der Waals surface area contributed by atoms with Crippen LogP contribution >= 0.6 is 0 Å². The van der Waals surface area contributed by atoms with Gasteiger partial charge in [-0.15, -0.1) is 0 Å². The van der Waals surface area contributed by atoms with Crippen LogP contribution in [0, 0.1) is 0 Å². The van der Waals surface area contributed by atoms with Gasteiger partial charge in [-0.25, -0.2) is 8.42 Å². The Kier molecular flexibility index (Phi) is 4.74. The van der Waals surface area contributed by atoms with Crippen molar-refractivity contribution in [2.24, 2.45) is 0 Å². The van der Waals surface area contributed by atoms with Gasteiger partial charge in [-0.1, -0.05) is 30.3 Å². The fraction of sp³-hybridized carbons (Fsp3) is 0.462. The van der Waals surface area contributed by atoms with Crippen LogP contribution in [0.3, 0.4) is 0 Å². The lowest BCUT2D eigenvalue weighted by Crippen LogP contribution is -2.53. The van der Waals surface area contributed by atoms with Crippen LogP contribution in [-0.4, -0.2) is 55.4 Å². The molecule has 0 saturated carbocycles. The van der Waals surface area contributed by atoms with Gasteiger partial charge in [0.05, 0.1) is 19.0 Å². The minimum Gasteiger partial charge on any atom is -0.480 e. The Morgan fingerprint density at radius 2 is 2.05 bits per heavy atom. The van der Waals surface area contributed by atoms with Gasteiger partial charge in [0.15, 0.2) is 0 Å². The molecule has 1 atom stereocenters. The maximum absolute atomic E-state index is 12.3. The number of aryl methyl sites for hydroxylation is 1. The number of ether oxygens (including phenoxy) is 1. The molecule has 1 aliphatic rings. The zero-order valence-corrected chi connectivity index (χ0v) is 11.8. The van der Waals surface area contributed by atoms with E-state index in [-0.39, 0.29) is 25.5 Å². The van der Waals surface area contributed by atoms with Crippen LogP contribution in [0.2, 0.25) is 0 Å². The Morgan fingerprint density at radius 1 is 1.35 bits per heavy atom. The van der Waals surface area contributed by atoms with Gasteiger partial charge in [-0.05, 0) is 12.0 Å². The summed E-state index contributed by atoms with van der Waals surface area (Å²) in [7, 11) is -3.60. The highest BCUT2D eigenvalue weighted by molar-refractivity contribution is 7.89. The van der Waals surface area contributed by atoms with Crippen molar-refractivity contribution in [3.8, 4) is 0 Å². The van der Waals surface area contributed by atoms with Crippen LogP contribution in [0.1, 0.15) is 5.56 Å². The first-order valence-electron chi connectivity index (χ1n) is 6.35. The van der Waals surface area contributed by atoms with E-state index >= 15 is 0 Å². The molecule has 1 saturated heterocycles. The molecular formula is C13H17NO5S. The second-order valence-electron chi connectivity index (χ2n) is 4.59. The highest BCUT2D eigenvalue weighted by Gasteiger charge is 2.37. The number of rotatable bonds is 5. The number of sulfonamides is 1. The molecule has 7 heteroatoms. The normalized spacial score (nSPS) is 20.7. The second kappa shape index (κ2) is 6.34. The summed E-state index contributed by atoms with van der Waals surface area (Å²) in [5.74, 6) is -1.27. The van der Waals surface area contributed by atoms with E-state index in [9.17, 15) is 13.2 Å². The summed E-state index contributed by atoms with van der Waals surface area (Å²) >= 11 is 0. The topological polar surface area (TPSA) is 83.9 Å². The lowest BCUT2D eigenvalue weighted by Gasteiger charge is -2.31. The first-order valence-corrected chi connectivity index (χ1v) is 7.95. The van der Waals surface area contributed by atoms with Gasteiger partial charge in [-0.2, -0.15) is 4.31 Å². The molecule has 20 heavy (non-hydrogen) atoms. The summed E-state index contributed by atoms with van der Waals surface area (Å²) in [5.41, 5.74) is 0.913. The quantitative estimate of drug-likeness (QED) is 0.848. The third-order valence-corrected chi connectivity index (χ3v) is 5.08. The number of aliphatic carboxylic acids is 1. The molecule has 2 rings (SSSR count). The molecule has 1 fully saturated rings. The van der Waals surface area contributed by atoms with Crippen LogP contribution in [0.4, 0.5) is 0 Å². The predicted molar refractivity (Wildman–Crippen MR) is 72.9 cm³/mol. The summed E-state index contributed by atoms with van der Waals surface area (Å²) in [4.78, 5) is 11.1. The summed E-state index contributed by atoms with van der Waals surface area (Å²) in [6.07, 6.45) is 0.368. The lowest BCUT2D eigenvalue weighted by atomic mass is 10.2. The second-order valence-corrected chi connectivity index (χ2v) is 6.63. The predicted octanol–water partition coefficient (Wildman–Crippen LogP) is 0.344. The fourth-order valence-corrected chi connectivity index (χ4v) is 3.74. The monoisotopic (exact) mass is 299 g/mol. The van der Waals surface area contributed by atoms with E-state index in [1.807, 2.05) is 30.3 Å². The molecule has 0 amide bonds. The summed E-state index contributed by atoms with van der Waals surface area (Å²) in [6, 6.07) is 8.13. The van der Waals surface area contributed by atoms with Crippen LogP contribution in [0.25, 0.3) is 0 Å². The molecule has 0 spiro atoms. The molecule has 1 unspecified atom stereocenters. The number of benzene rings is 1. The molecule has 0 aromatic heterocycles. The zero-order valence-electron chi connectivity index (χ0n) is 10.9. The molecule has 6 nitrogen and oxygen atoms in total. The van der Waals surface area contributed by atoms with E-state index in [4.69, 9.17) is 9.84 Å². The van der Waals surface area contributed by atoms with Crippen LogP contribution in [-0.2, 0) is 26.0 Å². The summed E-state index contributed by atoms with van der Waals surface area (Å²) in [6.45, 7) is 0.225. The molecule has 1 aromatic rings. The van der Waals surface area contributed by atoms with Crippen molar-refractivity contribution in [3.63, 3.8) is 0 Å². The third-order valence-electron chi connectivity index (χ3n) is 3.21. The molecule has 1 heterocycles. The molecule has 1 N–H and O–H groups in total. The standard InChI is InChI=1S/C13H17NO5S/c15-13(16)12-10-19-8-7-14(12)20(17,18)9-6-11-4-2-1-3-5-11/h1-5,12H,6-10H2,(H,15,16). The minimum atomic E-state index is -3.60. The third kappa shape index (κ3) is 3.56. The maximum atomic E-state index is 12.3. The number of carbonyl (C=O) groups is 1. The average Bonchev–Trinajstić information content (AvgIpc) is 2.46. The molecule has 0 bridgehead atoms. The van der Waals surface area contributed by atoms with Gasteiger partial charge in [0.2, 0.25) is 10.0 Å². The molecular weight excluding hydrogens is 282 g/mol. The van der Waals surface area contributed by atoms with Crippen molar-refractivity contribution in [1.82, 2.24) is 4.31 Å². The van der Waals surface area contributed by atoms with Gasteiger partial charge in [0, 0.05) is 6.54 Å². The van der Waals surface area contributed by atoms with E-state index in [1.54, 1.807) is 0 Å². The SMILES string of the molecule is O=C(O)C1COCCN1S(=O)(=O)CCc1ccccc1. The number of hydrogen-bond donors (Lipinski definition) is 1. The van der Waals surface area contributed by atoms with Gasteiger partial charge >= 0.3 is 5.97 Å². The molecule has 1 aromatic carbocycles. The van der Waals surface area contributed by atoms with Crippen molar-refractivity contribution >= 4 is 16.0 Å². The minimum absolute atomic E-state index is 0.0914. The van der Waals surface area contributed by atoms with Crippen LogP contribution < -0.4 is 0 Å². The Bertz CT molecular complexity index is 557. The molecule has 0 radical (unpaired) electrons. The van der Waals surface area contributed by atoms with Crippen molar-refractivity contribution < 1.29 is 23.1 Å². The van der Waals surface area contributed by atoms with Gasteiger partial charge in [0.1, 0.15) is 6.04 Å². The van der Waals surface area contributed by atoms with E-state index < -0.39 is 22.0 Å². The summed E-state index contributed by atoms with van der Waals surface area (Å²) < 4.78 is 30.6. The first kappa shape index (κ1) is 15.0. The Morgan fingerprint density at radius 3 is 2.70 bits per heavy atom. The van der Waals surface area contributed by atoms with Gasteiger partial charge < -0.3 is 9.84 Å². The van der Waals surface area contributed by atoms with Crippen LogP contribution in [0.5, 0.6) is 0 Å². The lowest BCUT2D eigenvalue weighted by molar-refractivity contribution is -0.146. The van der Waals surface area contributed by atoms with Gasteiger partial charge in [-0.3, -0.25) is 4.79 Å². The van der Waals surface area contributed by atoms with Crippen molar-refractivity contribution in [1.29, 1.82) is 0 Å². The van der Waals surface area contributed by atoms with Crippen molar-refractivity contribution in [2.45, 2.75) is 12.5 Å². The maximum Gasteiger partial charge on any atom is 0.324 e. The first-order chi connectivity index (χ1) is 9.50. The van der Waals surface area contributed by atoms with Crippen molar-refractivity contribution in [3.05, 3.63) is 35.9 Å². The molecule has 110 valence electrons. The molecule has 1 aliphatic heterocycles. The number of nitrogens with zero attached hydrogens (tertiary/aromatic N) is 1. The number of carboxylic acids is 1. The highest BCUT2D eigenvalue weighted by atomic mass is 32.2. The number of carboxylic acid groups (broad SMARTS) is 1. The number of hydrogen-bond acceptors (Lipinski definition) is 4. The number of morpholine rings is 1. The zero-order chi connectivity index (χ0) is 14.6. The fourth-order valence-electron chi connectivity index (χ4n) is 2.12. The largest absolute Gasteiger partial charge is 0.480 e. The van der Waals surface area contributed by atoms with Crippen molar-refractivity contribution in [2.75, 3.05) is 25.5 Å². The van der Waals surface area contributed by atoms with E-state index in [0.717, 1.165) is 9.87 Å². The van der Waals surface area contributed by atoms with Crippen LogP contribution in [0.15, 0.2) is 30.3 Å². The smallest absolute Gasteiger partial charge is 0.324 e. The Labute approximate surface area is 118 Å². The Balaban J connectivity index is 2.06.